The molecule has 2 rings (SSSR count). The van der Waals surface area contributed by atoms with Crippen molar-refractivity contribution >= 4 is 43.2 Å². The summed E-state index contributed by atoms with van der Waals surface area (Å²) < 4.78 is 1.76. The molecule has 0 heterocycles. The number of hydrogen-bond donors (Lipinski definition) is 1. The van der Waals surface area contributed by atoms with Gasteiger partial charge in [-0.05, 0) is 42.3 Å². The van der Waals surface area contributed by atoms with Crippen LogP contribution in [0.4, 0.5) is 11.4 Å². The lowest BCUT2D eigenvalue weighted by Crippen LogP contribution is -2.00. The Morgan fingerprint density at radius 3 is 2.60 bits per heavy atom. The van der Waals surface area contributed by atoms with Gasteiger partial charge in [0.05, 0.1) is 4.92 Å². The maximum Gasteiger partial charge on any atom is 0.270 e. The summed E-state index contributed by atoms with van der Waals surface area (Å²) in [5, 5.41) is 14.1. The van der Waals surface area contributed by atoms with Gasteiger partial charge in [0.15, 0.2) is 0 Å². The fourth-order valence-corrected chi connectivity index (χ4v) is 2.57. The Bertz CT molecular complexity index is 660. The van der Waals surface area contributed by atoms with Crippen LogP contribution in [0.1, 0.15) is 11.1 Å². The van der Waals surface area contributed by atoms with Crippen LogP contribution in [0, 0.1) is 17.0 Å². The lowest BCUT2D eigenvalue weighted by atomic mass is 10.2. The number of halogens is 2. The monoisotopic (exact) mass is 398 g/mol. The molecule has 0 radical (unpaired) electrons. The van der Waals surface area contributed by atoms with Crippen LogP contribution in [0.2, 0.25) is 0 Å². The molecule has 1 N–H and O–H groups in total. The van der Waals surface area contributed by atoms with Crippen LogP contribution >= 0.6 is 31.9 Å². The second-order valence-electron chi connectivity index (χ2n) is 4.39. The van der Waals surface area contributed by atoms with E-state index in [2.05, 4.69) is 37.2 Å². The van der Waals surface area contributed by atoms with Gasteiger partial charge in [-0.25, -0.2) is 0 Å². The summed E-state index contributed by atoms with van der Waals surface area (Å²) in [4.78, 5) is 10.4. The van der Waals surface area contributed by atoms with Crippen molar-refractivity contribution in [2.75, 3.05) is 5.32 Å². The molecule has 0 aliphatic rings. The van der Waals surface area contributed by atoms with Gasteiger partial charge in [-0.3, -0.25) is 10.1 Å². The number of non-ortho nitro benzene ring substituents is 1. The first-order valence-corrected chi connectivity index (χ1v) is 7.48. The van der Waals surface area contributed by atoms with E-state index in [1.807, 2.05) is 31.2 Å². The standard InChI is InChI=1S/C14H12Br2N2O2/c1-9-4-12(2-3-14(9)16)17-8-10-5-11(15)7-13(6-10)18(19)20/h2-7,17H,8H2,1H3. The molecule has 4 nitrogen and oxygen atoms in total. The van der Waals surface area contributed by atoms with Gasteiger partial charge in [0, 0.05) is 33.3 Å². The van der Waals surface area contributed by atoms with E-state index in [9.17, 15) is 10.1 Å². The Kier molecular flexibility index (Phi) is 4.77. The molecule has 0 aliphatic heterocycles. The Balaban J connectivity index is 2.14. The molecule has 0 spiro atoms. The molecule has 2 aromatic carbocycles. The Morgan fingerprint density at radius 1 is 1.20 bits per heavy atom. The lowest BCUT2D eigenvalue weighted by Gasteiger charge is -2.08. The highest BCUT2D eigenvalue weighted by molar-refractivity contribution is 9.10. The van der Waals surface area contributed by atoms with E-state index in [0.29, 0.717) is 11.0 Å². The van der Waals surface area contributed by atoms with Gasteiger partial charge in [0.25, 0.3) is 5.69 Å². The predicted molar refractivity (Wildman–Crippen MR) is 87.0 cm³/mol. The predicted octanol–water partition coefficient (Wildman–Crippen LogP) is 5.04. The van der Waals surface area contributed by atoms with Crippen molar-refractivity contribution in [1.82, 2.24) is 0 Å². The molecule has 0 fully saturated rings. The molecule has 0 atom stereocenters. The number of aryl methyl sites for hydroxylation is 1. The maximum absolute atomic E-state index is 10.8. The van der Waals surface area contributed by atoms with Crippen molar-refractivity contribution in [3.05, 3.63) is 66.6 Å². The van der Waals surface area contributed by atoms with Gasteiger partial charge in [0.2, 0.25) is 0 Å². The third kappa shape index (κ3) is 3.80. The van der Waals surface area contributed by atoms with Crippen molar-refractivity contribution in [3.8, 4) is 0 Å². The summed E-state index contributed by atoms with van der Waals surface area (Å²) >= 11 is 6.74. The van der Waals surface area contributed by atoms with Gasteiger partial charge < -0.3 is 5.32 Å². The highest BCUT2D eigenvalue weighted by Gasteiger charge is 2.08. The summed E-state index contributed by atoms with van der Waals surface area (Å²) in [5.41, 5.74) is 3.05. The molecule has 20 heavy (non-hydrogen) atoms. The van der Waals surface area contributed by atoms with Crippen molar-refractivity contribution < 1.29 is 4.92 Å². The second-order valence-corrected chi connectivity index (χ2v) is 6.16. The number of nitro groups is 1. The van der Waals surface area contributed by atoms with E-state index in [-0.39, 0.29) is 5.69 Å². The van der Waals surface area contributed by atoms with Gasteiger partial charge in [-0.1, -0.05) is 31.9 Å². The number of hydrogen-bond acceptors (Lipinski definition) is 3. The van der Waals surface area contributed by atoms with Gasteiger partial charge >= 0.3 is 0 Å². The first-order chi connectivity index (χ1) is 9.45. The SMILES string of the molecule is Cc1cc(NCc2cc(Br)cc([N+](=O)[O-])c2)ccc1Br. The molecular weight excluding hydrogens is 388 g/mol. The lowest BCUT2D eigenvalue weighted by molar-refractivity contribution is -0.385. The van der Waals surface area contributed by atoms with E-state index in [1.54, 1.807) is 6.07 Å². The van der Waals surface area contributed by atoms with Gasteiger partial charge in [0.1, 0.15) is 0 Å². The van der Waals surface area contributed by atoms with E-state index >= 15 is 0 Å². The summed E-state index contributed by atoms with van der Waals surface area (Å²) in [5.74, 6) is 0. The largest absolute Gasteiger partial charge is 0.381 e. The van der Waals surface area contributed by atoms with E-state index in [1.165, 1.54) is 6.07 Å². The summed E-state index contributed by atoms with van der Waals surface area (Å²) in [6, 6.07) is 10.9. The Hall–Kier alpha value is -1.40. The van der Waals surface area contributed by atoms with Crippen molar-refractivity contribution in [1.29, 1.82) is 0 Å². The summed E-state index contributed by atoms with van der Waals surface area (Å²) in [6.07, 6.45) is 0. The van der Waals surface area contributed by atoms with Gasteiger partial charge in [-0.15, -0.1) is 0 Å². The molecular formula is C14H12Br2N2O2. The first kappa shape index (κ1) is 15.0. The van der Waals surface area contributed by atoms with Crippen molar-refractivity contribution in [2.24, 2.45) is 0 Å². The molecule has 2 aromatic rings. The molecule has 0 bridgehead atoms. The average Bonchev–Trinajstić information content (AvgIpc) is 2.39. The smallest absolute Gasteiger partial charge is 0.270 e. The number of nitrogens with zero attached hydrogens (tertiary/aromatic N) is 1. The quantitative estimate of drug-likeness (QED) is 0.578. The number of benzene rings is 2. The van der Waals surface area contributed by atoms with Crippen molar-refractivity contribution in [3.63, 3.8) is 0 Å². The third-order valence-electron chi connectivity index (χ3n) is 2.81. The second kappa shape index (κ2) is 6.37. The van der Waals surface area contributed by atoms with E-state index in [4.69, 9.17) is 0 Å². The highest BCUT2D eigenvalue weighted by Crippen LogP contribution is 2.23. The zero-order chi connectivity index (χ0) is 14.7. The molecule has 0 saturated carbocycles. The summed E-state index contributed by atoms with van der Waals surface area (Å²) in [6.45, 7) is 2.54. The highest BCUT2D eigenvalue weighted by atomic mass is 79.9. The average molecular weight is 400 g/mol. The van der Waals surface area contributed by atoms with Crippen LogP contribution in [0.5, 0.6) is 0 Å². The zero-order valence-corrected chi connectivity index (χ0v) is 13.9. The van der Waals surface area contributed by atoms with Crippen LogP contribution in [-0.2, 0) is 6.54 Å². The van der Waals surface area contributed by atoms with Crippen LogP contribution in [-0.4, -0.2) is 4.92 Å². The number of anilines is 1. The van der Waals surface area contributed by atoms with E-state index in [0.717, 1.165) is 21.3 Å². The molecule has 104 valence electrons. The van der Waals surface area contributed by atoms with Crippen LogP contribution in [0.25, 0.3) is 0 Å². The fourth-order valence-electron chi connectivity index (χ4n) is 1.80. The number of nitro benzene ring substituents is 1. The molecule has 6 heteroatoms. The molecule has 0 amide bonds. The topological polar surface area (TPSA) is 55.2 Å². The van der Waals surface area contributed by atoms with E-state index < -0.39 is 4.92 Å². The Labute approximate surface area is 133 Å². The number of rotatable bonds is 4. The third-order valence-corrected chi connectivity index (χ3v) is 4.16. The molecule has 0 aromatic heterocycles. The molecule has 0 unspecified atom stereocenters. The fraction of sp³-hybridized carbons (Fsp3) is 0.143. The minimum Gasteiger partial charge on any atom is -0.381 e. The number of nitrogens with one attached hydrogen (secondary N) is 1. The van der Waals surface area contributed by atoms with Crippen LogP contribution < -0.4 is 5.32 Å². The summed E-state index contributed by atoms with van der Waals surface area (Å²) in [7, 11) is 0. The van der Waals surface area contributed by atoms with Crippen LogP contribution in [0.15, 0.2) is 45.3 Å². The zero-order valence-electron chi connectivity index (χ0n) is 10.7. The van der Waals surface area contributed by atoms with Crippen LogP contribution in [0.3, 0.4) is 0 Å². The Morgan fingerprint density at radius 2 is 1.95 bits per heavy atom. The first-order valence-electron chi connectivity index (χ1n) is 5.89. The normalized spacial score (nSPS) is 10.3. The van der Waals surface area contributed by atoms with Crippen molar-refractivity contribution in [2.45, 2.75) is 13.5 Å². The van der Waals surface area contributed by atoms with Gasteiger partial charge in [-0.2, -0.15) is 0 Å². The molecule has 0 aliphatic carbocycles. The minimum absolute atomic E-state index is 0.0863. The maximum atomic E-state index is 10.8. The molecule has 0 saturated heterocycles. The minimum atomic E-state index is -0.391.